The van der Waals surface area contributed by atoms with Gasteiger partial charge in [0.05, 0.1) is 5.56 Å². The van der Waals surface area contributed by atoms with Crippen LogP contribution in [0.25, 0.3) is 0 Å². The molecule has 2 heterocycles. The van der Waals surface area contributed by atoms with Gasteiger partial charge in [-0.25, -0.2) is 0 Å². The number of halogens is 1. The maximum absolute atomic E-state index is 12.2. The number of nitrogens with zero attached hydrogens (tertiary/aromatic N) is 3. The molecule has 1 aliphatic rings. The minimum atomic E-state index is -0.198. The van der Waals surface area contributed by atoms with Crippen molar-refractivity contribution >= 4 is 39.1 Å². The van der Waals surface area contributed by atoms with Crippen LogP contribution in [0, 0.1) is 0 Å². The number of pyridine rings is 1. The quantitative estimate of drug-likeness (QED) is 0.856. The van der Waals surface area contributed by atoms with Crippen LogP contribution >= 0.6 is 15.9 Å². The lowest BCUT2D eigenvalue weighted by Crippen LogP contribution is -2.48. The van der Waals surface area contributed by atoms with Crippen LogP contribution in [0.3, 0.4) is 0 Å². The van der Waals surface area contributed by atoms with Gasteiger partial charge in [0.25, 0.3) is 5.91 Å². The summed E-state index contributed by atoms with van der Waals surface area (Å²) >= 11 is 3.31. The molecule has 0 bridgehead atoms. The lowest BCUT2D eigenvalue weighted by molar-refractivity contribution is -0.129. The number of hydrogen-bond donors (Lipinski definition) is 1. The standard InChI is InChI=1S/C18H19BrN4O2/c1-13(24)22-6-8-23(9-7-22)17-4-2-16(3-5-17)21-18(25)14-10-15(19)12-20-11-14/h2-5,10-12H,6-9H2,1H3,(H,21,25). The SMILES string of the molecule is CC(=O)N1CCN(c2ccc(NC(=O)c3cncc(Br)c3)cc2)CC1. The Morgan fingerprint density at radius 2 is 1.76 bits per heavy atom. The van der Waals surface area contributed by atoms with Crippen LogP contribution < -0.4 is 10.2 Å². The van der Waals surface area contributed by atoms with Crippen LogP contribution in [0.2, 0.25) is 0 Å². The fraction of sp³-hybridized carbons (Fsp3) is 0.278. The van der Waals surface area contributed by atoms with Gasteiger partial charge < -0.3 is 15.1 Å². The summed E-state index contributed by atoms with van der Waals surface area (Å²) in [6, 6.07) is 9.47. The van der Waals surface area contributed by atoms with E-state index in [9.17, 15) is 9.59 Å². The van der Waals surface area contributed by atoms with Gasteiger partial charge in [-0.2, -0.15) is 0 Å². The van der Waals surface area contributed by atoms with Gasteiger partial charge in [-0.05, 0) is 46.3 Å². The number of aromatic nitrogens is 1. The van der Waals surface area contributed by atoms with Gasteiger partial charge in [0, 0.05) is 61.3 Å². The summed E-state index contributed by atoms with van der Waals surface area (Å²) in [6.07, 6.45) is 3.17. The number of benzene rings is 1. The zero-order chi connectivity index (χ0) is 17.8. The predicted octanol–water partition coefficient (Wildman–Crippen LogP) is 2.76. The second-order valence-electron chi connectivity index (χ2n) is 5.89. The van der Waals surface area contributed by atoms with Gasteiger partial charge in [-0.15, -0.1) is 0 Å². The Morgan fingerprint density at radius 3 is 2.36 bits per heavy atom. The Kier molecular flexibility index (Phi) is 5.33. The molecular weight excluding hydrogens is 384 g/mol. The molecule has 1 N–H and O–H groups in total. The third-order valence-corrected chi connectivity index (χ3v) is 4.62. The molecule has 0 unspecified atom stereocenters. The van der Waals surface area contributed by atoms with E-state index in [1.807, 2.05) is 29.2 Å². The molecular formula is C18H19BrN4O2. The number of piperazine rings is 1. The molecule has 1 aliphatic heterocycles. The van der Waals surface area contributed by atoms with Crippen molar-refractivity contribution in [1.82, 2.24) is 9.88 Å². The van der Waals surface area contributed by atoms with Crippen molar-refractivity contribution in [2.24, 2.45) is 0 Å². The second kappa shape index (κ2) is 7.65. The highest BCUT2D eigenvalue weighted by molar-refractivity contribution is 9.10. The minimum absolute atomic E-state index is 0.125. The highest BCUT2D eigenvalue weighted by Crippen LogP contribution is 2.20. The smallest absolute Gasteiger partial charge is 0.257 e. The molecule has 7 heteroatoms. The van der Waals surface area contributed by atoms with E-state index in [1.54, 1.807) is 19.2 Å². The molecule has 2 aromatic rings. The lowest BCUT2D eigenvalue weighted by atomic mass is 10.2. The van der Waals surface area contributed by atoms with Gasteiger partial charge in [0.15, 0.2) is 0 Å². The van der Waals surface area contributed by atoms with Gasteiger partial charge >= 0.3 is 0 Å². The van der Waals surface area contributed by atoms with Gasteiger partial charge in [-0.1, -0.05) is 0 Å². The van der Waals surface area contributed by atoms with Crippen LogP contribution in [0.4, 0.5) is 11.4 Å². The van der Waals surface area contributed by atoms with Crippen molar-refractivity contribution in [2.45, 2.75) is 6.92 Å². The molecule has 6 nitrogen and oxygen atoms in total. The van der Waals surface area contributed by atoms with E-state index in [2.05, 4.69) is 31.1 Å². The van der Waals surface area contributed by atoms with E-state index in [0.717, 1.165) is 42.0 Å². The summed E-state index contributed by atoms with van der Waals surface area (Å²) < 4.78 is 0.764. The van der Waals surface area contributed by atoms with E-state index in [-0.39, 0.29) is 11.8 Å². The summed E-state index contributed by atoms with van der Waals surface area (Å²) in [5.74, 6) is -0.0728. The molecule has 25 heavy (non-hydrogen) atoms. The normalized spacial score (nSPS) is 14.3. The first-order valence-corrected chi connectivity index (χ1v) is 8.84. The number of amides is 2. The maximum atomic E-state index is 12.2. The zero-order valence-corrected chi connectivity index (χ0v) is 15.5. The first kappa shape index (κ1) is 17.4. The largest absolute Gasteiger partial charge is 0.368 e. The number of nitrogens with one attached hydrogen (secondary N) is 1. The predicted molar refractivity (Wildman–Crippen MR) is 101 cm³/mol. The Hall–Kier alpha value is -2.41. The summed E-state index contributed by atoms with van der Waals surface area (Å²) in [6.45, 7) is 4.71. The first-order valence-electron chi connectivity index (χ1n) is 8.05. The molecule has 0 saturated carbocycles. The minimum Gasteiger partial charge on any atom is -0.368 e. The van der Waals surface area contributed by atoms with Crippen molar-refractivity contribution in [3.63, 3.8) is 0 Å². The lowest BCUT2D eigenvalue weighted by Gasteiger charge is -2.35. The van der Waals surface area contributed by atoms with Gasteiger partial charge in [-0.3, -0.25) is 14.6 Å². The number of rotatable bonds is 3. The van der Waals surface area contributed by atoms with Crippen LogP contribution in [0.5, 0.6) is 0 Å². The second-order valence-corrected chi connectivity index (χ2v) is 6.80. The molecule has 0 aliphatic carbocycles. The molecule has 130 valence electrons. The van der Waals surface area contributed by atoms with Crippen molar-refractivity contribution in [3.05, 3.63) is 52.8 Å². The topological polar surface area (TPSA) is 65.5 Å². The maximum Gasteiger partial charge on any atom is 0.257 e. The number of carbonyl (C=O) groups is 2. The number of carbonyl (C=O) groups excluding carboxylic acids is 2. The monoisotopic (exact) mass is 402 g/mol. The summed E-state index contributed by atoms with van der Waals surface area (Å²) in [5, 5.41) is 2.87. The van der Waals surface area contributed by atoms with E-state index in [1.165, 1.54) is 6.20 Å². The number of anilines is 2. The first-order chi connectivity index (χ1) is 12.0. The van der Waals surface area contributed by atoms with E-state index < -0.39 is 0 Å². The molecule has 2 amide bonds. The van der Waals surface area contributed by atoms with Crippen molar-refractivity contribution in [1.29, 1.82) is 0 Å². The molecule has 3 rings (SSSR count). The van der Waals surface area contributed by atoms with E-state index in [4.69, 9.17) is 0 Å². The molecule has 0 spiro atoms. The summed E-state index contributed by atoms with van der Waals surface area (Å²) in [5.41, 5.74) is 2.32. The average molecular weight is 403 g/mol. The molecule has 1 aromatic carbocycles. The van der Waals surface area contributed by atoms with Crippen LogP contribution in [-0.2, 0) is 4.79 Å². The average Bonchev–Trinajstić information content (AvgIpc) is 2.62. The Bertz CT molecular complexity index is 771. The van der Waals surface area contributed by atoms with E-state index >= 15 is 0 Å². The van der Waals surface area contributed by atoms with Crippen molar-refractivity contribution in [3.8, 4) is 0 Å². The van der Waals surface area contributed by atoms with Gasteiger partial charge in [0.2, 0.25) is 5.91 Å². The molecule has 1 fully saturated rings. The summed E-state index contributed by atoms with van der Waals surface area (Å²) in [7, 11) is 0. The van der Waals surface area contributed by atoms with Crippen molar-refractivity contribution < 1.29 is 9.59 Å². The van der Waals surface area contributed by atoms with Crippen molar-refractivity contribution in [2.75, 3.05) is 36.4 Å². The Morgan fingerprint density at radius 1 is 1.08 bits per heavy atom. The third kappa shape index (κ3) is 4.36. The van der Waals surface area contributed by atoms with E-state index in [0.29, 0.717) is 5.56 Å². The molecule has 1 saturated heterocycles. The number of hydrogen-bond acceptors (Lipinski definition) is 4. The highest BCUT2D eigenvalue weighted by atomic mass is 79.9. The van der Waals surface area contributed by atoms with Crippen LogP contribution in [0.15, 0.2) is 47.2 Å². The highest BCUT2D eigenvalue weighted by Gasteiger charge is 2.18. The fourth-order valence-electron chi connectivity index (χ4n) is 2.77. The summed E-state index contributed by atoms with van der Waals surface area (Å²) in [4.78, 5) is 31.7. The fourth-order valence-corrected chi connectivity index (χ4v) is 3.14. The van der Waals surface area contributed by atoms with Crippen LogP contribution in [0.1, 0.15) is 17.3 Å². The Labute approximate surface area is 155 Å². The molecule has 0 radical (unpaired) electrons. The Balaban J connectivity index is 1.61. The molecule has 1 aromatic heterocycles. The van der Waals surface area contributed by atoms with Gasteiger partial charge in [0.1, 0.15) is 0 Å². The van der Waals surface area contributed by atoms with Crippen LogP contribution in [-0.4, -0.2) is 47.9 Å². The zero-order valence-electron chi connectivity index (χ0n) is 13.9. The molecule has 0 atom stereocenters. The third-order valence-electron chi connectivity index (χ3n) is 4.18.